The van der Waals surface area contributed by atoms with E-state index in [-0.39, 0.29) is 18.0 Å². The van der Waals surface area contributed by atoms with E-state index in [1.807, 2.05) is 12.1 Å². The minimum atomic E-state index is 0. The molecule has 0 saturated carbocycles. The first-order valence-corrected chi connectivity index (χ1v) is 5.99. The molecule has 0 amide bonds. The van der Waals surface area contributed by atoms with E-state index in [1.165, 1.54) is 0 Å². The van der Waals surface area contributed by atoms with Crippen molar-refractivity contribution < 1.29 is 9.84 Å². The molecule has 2 aliphatic rings. The molecular formula is C13H18ClNO2. The molecule has 3 nitrogen and oxygen atoms in total. The Kier molecular flexibility index (Phi) is 3.50. The highest BCUT2D eigenvalue weighted by Crippen LogP contribution is 2.39. The first-order valence-electron chi connectivity index (χ1n) is 5.99. The number of fused-ring (bicyclic) bond motifs is 1. The maximum atomic E-state index is 9.42. The lowest BCUT2D eigenvalue weighted by atomic mass is 9.84. The molecule has 0 radical (unpaired) electrons. The van der Waals surface area contributed by atoms with Crippen molar-refractivity contribution in [2.24, 2.45) is 0 Å². The summed E-state index contributed by atoms with van der Waals surface area (Å²) in [5.74, 6) is 1.30. The summed E-state index contributed by atoms with van der Waals surface area (Å²) in [7, 11) is 0. The van der Waals surface area contributed by atoms with Crippen molar-refractivity contribution >= 4 is 12.4 Å². The Morgan fingerprint density at radius 3 is 2.71 bits per heavy atom. The van der Waals surface area contributed by atoms with Crippen LogP contribution in [0.4, 0.5) is 0 Å². The number of phenolic OH excluding ortho intramolecular Hbond substituents is 1. The predicted octanol–water partition coefficient (Wildman–Crippen LogP) is 2.26. The lowest BCUT2D eigenvalue weighted by Crippen LogP contribution is -2.48. The Labute approximate surface area is 108 Å². The van der Waals surface area contributed by atoms with E-state index in [0.717, 1.165) is 50.1 Å². The Hall–Kier alpha value is -0.930. The van der Waals surface area contributed by atoms with E-state index in [1.54, 1.807) is 6.07 Å². The van der Waals surface area contributed by atoms with Crippen LogP contribution >= 0.6 is 12.4 Å². The highest BCUT2D eigenvalue weighted by molar-refractivity contribution is 5.85. The largest absolute Gasteiger partial charge is 0.508 e. The number of hydrogen-bond acceptors (Lipinski definition) is 3. The number of aromatic hydroxyl groups is 1. The van der Waals surface area contributed by atoms with Crippen LogP contribution in [0, 0.1) is 0 Å². The Bertz CT molecular complexity index is 402. The van der Waals surface area contributed by atoms with Crippen LogP contribution in [0.5, 0.6) is 11.5 Å². The Morgan fingerprint density at radius 1 is 1.18 bits per heavy atom. The number of hydrogen-bond donors (Lipinski definition) is 2. The van der Waals surface area contributed by atoms with Gasteiger partial charge in [-0.3, -0.25) is 0 Å². The van der Waals surface area contributed by atoms with Crippen molar-refractivity contribution in [3.63, 3.8) is 0 Å². The van der Waals surface area contributed by atoms with Gasteiger partial charge in [-0.05, 0) is 62.5 Å². The van der Waals surface area contributed by atoms with Gasteiger partial charge in [-0.1, -0.05) is 0 Å². The van der Waals surface area contributed by atoms with Crippen LogP contribution in [0.2, 0.25) is 0 Å². The SMILES string of the molecule is Cl.Oc1ccc2c(c1)CCC1(CCNCC1)O2. The van der Waals surface area contributed by atoms with Gasteiger partial charge < -0.3 is 15.2 Å². The molecule has 2 N–H and O–H groups in total. The van der Waals surface area contributed by atoms with Crippen molar-refractivity contribution in [2.45, 2.75) is 31.3 Å². The quantitative estimate of drug-likeness (QED) is 0.747. The van der Waals surface area contributed by atoms with Crippen molar-refractivity contribution in [3.8, 4) is 11.5 Å². The average Bonchev–Trinajstić information content (AvgIpc) is 2.31. The van der Waals surface area contributed by atoms with Gasteiger partial charge in [-0.2, -0.15) is 0 Å². The number of ether oxygens (including phenoxy) is 1. The van der Waals surface area contributed by atoms with E-state index in [9.17, 15) is 5.11 Å². The van der Waals surface area contributed by atoms with Gasteiger partial charge in [0, 0.05) is 0 Å². The van der Waals surface area contributed by atoms with Gasteiger partial charge in [0.1, 0.15) is 17.1 Å². The predicted molar refractivity (Wildman–Crippen MR) is 69.1 cm³/mol. The van der Waals surface area contributed by atoms with Gasteiger partial charge >= 0.3 is 0 Å². The lowest BCUT2D eigenvalue weighted by Gasteiger charge is -2.41. The van der Waals surface area contributed by atoms with Crippen LogP contribution in [-0.4, -0.2) is 23.8 Å². The third-order valence-electron chi connectivity index (χ3n) is 3.74. The number of phenols is 1. The highest BCUT2D eigenvalue weighted by Gasteiger charge is 2.37. The molecular weight excluding hydrogens is 238 g/mol. The molecule has 4 heteroatoms. The van der Waals surface area contributed by atoms with Crippen LogP contribution in [0.3, 0.4) is 0 Å². The molecule has 1 aromatic carbocycles. The van der Waals surface area contributed by atoms with Crippen molar-refractivity contribution in [2.75, 3.05) is 13.1 Å². The standard InChI is InChI=1S/C13H17NO2.ClH/c15-11-1-2-12-10(9-11)3-4-13(16-12)5-7-14-8-6-13;/h1-2,9,14-15H,3-8H2;1H. The normalized spacial score (nSPS) is 21.2. The molecule has 1 spiro atoms. The summed E-state index contributed by atoms with van der Waals surface area (Å²) < 4.78 is 6.16. The van der Waals surface area contributed by atoms with Gasteiger partial charge in [-0.15, -0.1) is 12.4 Å². The molecule has 2 heterocycles. The molecule has 0 unspecified atom stereocenters. The third-order valence-corrected chi connectivity index (χ3v) is 3.74. The fourth-order valence-corrected chi connectivity index (χ4v) is 2.74. The number of halogens is 1. The molecule has 94 valence electrons. The van der Waals surface area contributed by atoms with Crippen LogP contribution < -0.4 is 10.1 Å². The van der Waals surface area contributed by atoms with Gasteiger partial charge in [0.15, 0.2) is 0 Å². The summed E-state index contributed by atoms with van der Waals surface area (Å²) >= 11 is 0. The van der Waals surface area contributed by atoms with Crippen molar-refractivity contribution in [1.82, 2.24) is 5.32 Å². The topological polar surface area (TPSA) is 41.5 Å². The fourth-order valence-electron chi connectivity index (χ4n) is 2.74. The lowest BCUT2D eigenvalue weighted by molar-refractivity contribution is 0.0169. The molecule has 2 aliphatic heterocycles. The Morgan fingerprint density at radius 2 is 1.94 bits per heavy atom. The zero-order valence-electron chi connectivity index (χ0n) is 9.74. The van der Waals surface area contributed by atoms with Crippen LogP contribution in [0.15, 0.2) is 18.2 Å². The van der Waals surface area contributed by atoms with Crippen LogP contribution in [0.1, 0.15) is 24.8 Å². The zero-order chi connectivity index (χ0) is 11.0. The van der Waals surface area contributed by atoms with Crippen LogP contribution in [0.25, 0.3) is 0 Å². The second kappa shape index (κ2) is 4.75. The van der Waals surface area contributed by atoms with E-state index < -0.39 is 0 Å². The first kappa shape index (κ1) is 12.5. The highest BCUT2D eigenvalue weighted by atomic mass is 35.5. The molecule has 1 saturated heterocycles. The number of benzene rings is 1. The molecule has 1 aromatic rings. The number of piperidine rings is 1. The molecule has 0 atom stereocenters. The second-order valence-corrected chi connectivity index (χ2v) is 4.83. The third kappa shape index (κ3) is 2.35. The summed E-state index contributed by atoms with van der Waals surface area (Å²) in [6.07, 6.45) is 4.27. The van der Waals surface area contributed by atoms with Crippen molar-refractivity contribution in [1.29, 1.82) is 0 Å². The summed E-state index contributed by atoms with van der Waals surface area (Å²) in [5.41, 5.74) is 1.19. The van der Waals surface area contributed by atoms with Crippen LogP contribution in [-0.2, 0) is 6.42 Å². The van der Waals surface area contributed by atoms with Gasteiger partial charge in [-0.25, -0.2) is 0 Å². The number of nitrogens with one attached hydrogen (secondary N) is 1. The smallest absolute Gasteiger partial charge is 0.123 e. The number of aryl methyl sites for hydroxylation is 1. The Balaban J connectivity index is 0.00000108. The molecule has 1 fully saturated rings. The number of rotatable bonds is 0. The zero-order valence-corrected chi connectivity index (χ0v) is 10.6. The first-order chi connectivity index (χ1) is 7.77. The minimum absolute atomic E-state index is 0. The van der Waals surface area contributed by atoms with E-state index in [0.29, 0.717) is 5.75 Å². The van der Waals surface area contributed by atoms with E-state index in [4.69, 9.17) is 4.74 Å². The molecule has 0 aromatic heterocycles. The second-order valence-electron chi connectivity index (χ2n) is 4.83. The molecule has 0 bridgehead atoms. The maximum absolute atomic E-state index is 9.42. The van der Waals surface area contributed by atoms with Gasteiger partial charge in [0.05, 0.1) is 0 Å². The van der Waals surface area contributed by atoms with E-state index in [2.05, 4.69) is 5.32 Å². The van der Waals surface area contributed by atoms with E-state index >= 15 is 0 Å². The summed E-state index contributed by atoms with van der Waals surface area (Å²) in [5, 5.41) is 12.8. The van der Waals surface area contributed by atoms with Gasteiger partial charge in [0.25, 0.3) is 0 Å². The summed E-state index contributed by atoms with van der Waals surface area (Å²) in [6, 6.07) is 5.43. The van der Waals surface area contributed by atoms with Crippen molar-refractivity contribution in [3.05, 3.63) is 23.8 Å². The molecule has 0 aliphatic carbocycles. The van der Waals surface area contributed by atoms with Gasteiger partial charge in [0.2, 0.25) is 0 Å². The molecule has 17 heavy (non-hydrogen) atoms. The minimum Gasteiger partial charge on any atom is -0.508 e. The monoisotopic (exact) mass is 255 g/mol. The average molecular weight is 256 g/mol. The summed E-state index contributed by atoms with van der Waals surface area (Å²) in [6.45, 7) is 2.10. The summed E-state index contributed by atoms with van der Waals surface area (Å²) in [4.78, 5) is 0. The fraction of sp³-hybridized carbons (Fsp3) is 0.538. The maximum Gasteiger partial charge on any atom is 0.123 e. The molecule has 3 rings (SSSR count).